The first kappa shape index (κ1) is 47.9. The number of aliphatic hydroxyl groups is 2. The number of hydrogen-bond acceptors (Lipinski definition) is 14. The normalized spacial score (nSPS) is 29.0. The number of ether oxygens (including phenoxy) is 5. The highest BCUT2D eigenvalue weighted by atomic mass is 35.5. The summed E-state index contributed by atoms with van der Waals surface area (Å²) in [6, 6.07) is 6.08. The summed E-state index contributed by atoms with van der Waals surface area (Å²) < 4.78 is 29.8. The molecule has 4 aliphatic heterocycles. The first-order valence-corrected chi connectivity index (χ1v) is 21.7. The lowest BCUT2D eigenvalue weighted by Crippen LogP contribution is -2.46. The highest BCUT2D eigenvalue weighted by molar-refractivity contribution is 6.34. The number of fused-ring (bicyclic) bond motifs is 14. The molecule has 0 radical (unpaired) electrons. The van der Waals surface area contributed by atoms with Crippen molar-refractivity contribution in [2.24, 2.45) is 23.7 Å². The highest BCUT2D eigenvalue weighted by Crippen LogP contribution is 2.50. The molecule has 3 N–H and O–H groups in total. The van der Waals surface area contributed by atoms with Gasteiger partial charge in [-0.3, -0.25) is 24.0 Å². The summed E-state index contributed by atoms with van der Waals surface area (Å²) in [5.74, 6) is -10.1. The second-order valence-corrected chi connectivity index (χ2v) is 17.5. The maximum absolute atomic E-state index is 15.1. The predicted molar refractivity (Wildman–Crippen MR) is 234 cm³/mol. The van der Waals surface area contributed by atoms with Crippen LogP contribution in [-0.4, -0.2) is 101 Å². The van der Waals surface area contributed by atoms with Crippen LogP contribution in [0.3, 0.4) is 0 Å². The molecule has 1 saturated heterocycles. The summed E-state index contributed by atoms with van der Waals surface area (Å²) in [5.41, 5.74) is -1.54. The van der Waals surface area contributed by atoms with Crippen molar-refractivity contribution < 1.29 is 62.7 Å². The molecule has 0 aromatic heterocycles. The van der Waals surface area contributed by atoms with Gasteiger partial charge in [0.2, 0.25) is 11.6 Å². The number of nitrogens with one attached hydrogen (secondary N) is 1. The van der Waals surface area contributed by atoms with E-state index in [0.29, 0.717) is 25.9 Å². The van der Waals surface area contributed by atoms with Crippen LogP contribution < -0.4 is 14.8 Å². The molecule has 0 spiro atoms. The standard InChI is InChI=1S/C48H55ClN2O13/c1-23-15-14-16-24(2)46(58)50-36-37(51-20-12-13-21-51)41(56)33-34(40(36)55)43(63-47(59)30-17-10-11-18-31(30)49)28(6)44-35(33)45(57)48(8,64-44)61-22-19-32(60-9)25(3)42(62-29(7)52)27(5)39(54)26(4)38(23)53/h10-11,14-19,22-23,25-27,32,38-39,42,53-54H,12-13,20-21H2,1-9H3,(H,50,58). The molecular formula is C48H55ClN2O13. The Bertz CT molecular complexity index is 2380. The van der Waals surface area contributed by atoms with E-state index >= 15 is 9.59 Å². The van der Waals surface area contributed by atoms with E-state index in [2.05, 4.69) is 5.32 Å². The molecular weight excluding hydrogens is 848 g/mol. The number of amides is 1. The number of esters is 2. The second kappa shape index (κ2) is 19.2. The largest absolute Gasteiger partial charge is 0.462 e. The van der Waals surface area contributed by atoms with Crippen molar-refractivity contribution in [2.45, 2.75) is 98.4 Å². The Morgan fingerprint density at radius 2 is 1.58 bits per heavy atom. The molecule has 9 unspecified atom stereocenters. The molecule has 7 rings (SSSR count). The van der Waals surface area contributed by atoms with Crippen LogP contribution in [0, 0.1) is 30.6 Å². The van der Waals surface area contributed by atoms with E-state index < -0.39 is 94.6 Å². The van der Waals surface area contributed by atoms with Crippen molar-refractivity contribution in [3.05, 3.63) is 105 Å². The molecule has 15 nitrogen and oxygen atoms in total. The van der Waals surface area contributed by atoms with Crippen molar-refractivity contribution in [1.82, 2.24) is 10.2 Å². The number of ketones is 3. The maximum Gasteiger partial charge on any atom is 0.345 e. The van der Waals surface area contributed by atoms with E-state index in [1.807, 2.05) is 0 Å². The number of hydrogen-bond donors (Lipinski definition) is 3. The smallest absolute Gasteiger partial charge is 0.345 e. The summed E-state index contributed by atoms with van der Waals surface area (Å²) >= 11 is 6.37. The monoisotopic (exact) mass is 902 g/mol. The van der Waals surface area contributed by atoms with Crippen LogP contribution in [-0.2, 0) is 23.8 Å². The number of rotatable bonds is 5. The zero-order valence-electron chi connectivity index (χ0n) is 37.4. The van der Waals surface area contributed by atoms with Gasteiger partial charge in [0.25, 0.3) is 11.7 Å². The Hall–Kier alpha value is -5.61. The number of carbonyl (C=O) groups excluding carboxylic acids is 6. The fraction of sp³-hybridized carbons (Fsp3) is 0.458. The average Bonchev–Trinajstić information content (AvgIpc) is 3.88. The van der Waals surface area contributed by atoms with E-state index in [-0.39, 0.29) is 55.7 Å². The van der Waals surface area contributed by atoms with E-state index in [4.69, 9.17) is 35.3 Å². The van der Waals surface area contributed by atoms with Gasteiger partial charge in [-0.25, -0.2) is 4.79 Å². The zero-order valence-corrected chi connectivity index (χ0v) is 38.1. The number of Topliss-reactive ketones (excluding diaryl/α,β-unsaturated/α-hetero) is 3. The predicted octanol–water partition coefficient (Wildman–Crippen LogP) is 6.22. The third-order valence-corrected chi connectivity index (χ3v) is 12.9. The van der Waals surface area contributed by atoms with Crippen molar-refractivity contribution in [1.29, 1.82) is 0 Å². The maximum atomic E-state index is 15.1. The van der Waals surface area contributed by atoms with Crippen molar-refractivity contribution >= 4 is 46.8 Å². The minimum atomic E-state index is -2.15. The molecule has 2 aromatic rings. The topological polar surface area (TPSA) is 204 Å². The number of nitrogens with zero attached hydrogens (tertiary/aromatic N) is 1. The second-order valence-electron chi connectivity index (χ2n) is 17.1. The Kier molecular flexibility index (Phi) is 14.4. The zero-order chi connectivity index (χ0) is 46.9. The van der Waals surface area contributed by atoms with Gasteiger partial charge in [0.1, 0.15) is 29.0 Å². The lowest BCUT2D eigenvalue weighted by Gasteiger charge is -2.38. The molecule has 1 fully saturated rings. The number of carbonyl (C=O) groups is 6. The van der Waals surface area contributed by atoms with Crippen LogP contribution in [0.15, 0.2) is 71.8 Å². The van der Waals surface area contributed by atoms with Gasteiger partial charge < -0.3 is 44.1 Å². The molecule has 5 aliphatic rings. The Balaban J connectivity index is 1.55. The Morgan fingerprint density at radius 1 is 0.906 bits per heavy atom. The summed E-state index contributed by atoms with van der Waals surface area (Å²) in [5, 5.41) is 25.7. The van der Waals surface area contributed by atoms with E-state index in [9.17, 15) is 29.4 Å². The number of benzene rings is 2. The van der Waals surface area contributed by atoms with Gasteiger partial charge in [0.05, 0.1) is 51.9 Å². The van der Waals surface area contributed by atoms with Gasteiger partial charge in [0.15, 0.2) is 0 Å². The first-order valence-electron chi connectivity index (χ1n) is 21.3. The van der Waals surface area contributed by atoms with Gasteiger partial charge in [-0.1, -0.05) is 69.7 Å². The van der Waals surface area contributed by atoms with E-state index in [0.717, 1.165) is 0 Å². The van der Waals surface area contributed by atoms with Crippen molar-refractivity contribution in [2.75, 3.05) is 20.2 Å². The summed E-state index contributed by atoms with van der Waals surface area (Å²) in [6.07, 6.45) is 4.67. The number of allylic oxidation sites excluding steroid dienone is 4. The van der Waals surface area contributed by atoms with Gasteiger partial charge in [-0.05, 0) is 44.9 Å². The highest BCUT2D eigenvalue weighted by Gasteiger charge is 2.54. The van der Waals surface area contributed by atoms with Crippen molar-refractivity contribution in [3.63, 3.8) is 0 Å². The molecule has 16 heteroatoms. The number of aliphatic hydroxyl groups excluding tert-OH is 2. The van der Waals surface area contributed by atoms with Crippen LogP contribution in [0.5, 0.6) is 11.5 Å². The summed E-state index contributed by atoms with van der Waals surface area (Å²) in [7, 11) is 1.42. The number of likely N-dealkylation sites (tertiary alicyclic amines) is 1. The average molecular weight is 903 g/mol. The van der Waals surface area contributed by atoms with Crippen LogP contribution in [0.25, 0.3) is 0 Å². The number of methoxy groups -OCH3 is 1. The molecule has 342 valence electrons. The molecule has 2 aromatic carbocycles. The minimum absolute atomic E-state index is 0.00712. The lowest BCUT2D eigenvalue weighted by molar-refractivity contribution is -0.160. The van der Waals surface area contributed by atoms with Gasteiger partial charge in [0, 0.05) is 68.9 Å². The number of halogens is 1. The van der Waals surface area contributed by atoms with Crippen LogP contribution in [0.2, 0.25) is 5.02 Å². The molecule has 5 bridgehead atoms. The van der Waals surface area contributed by atoms with Crippen molar-refractivity contribution in [3.8, 4) is 11.5 Å². The third-order valence-electron chi connectivity index (χ3n) is 12.6. The molecule has 0 saturated carbocycles. The Morgan fingerprint density at radius 3 is 2.22 bits per heavy atom. The van der Waals surface area contributed by atoms with Gasteiger partial charge >= 0.3 is 17.7 Å². The SMILES string of the molecule is COC1C=COC2(C)Oc3c(C)c(OC(=O)c4ccccc4Cl)c4c(c3C2=O)C(=O)C(N2CCCC2)=C(NC(=O)C(C)=CC=CC(C)C(O)C(C)C(O)C(C)C(OC(C)=O)C1C)C4=O. The summed E-state index contributed by atoms with van der Waals surface area (Å²) in [6.45, 7) is 13.1. The lowest BCUT2D eigenvalue weighted by atomic mass is 9.78. The quantitative estimate of drug-likeness (QED) is 0.225. The molecule has 9 atom stereocenters. The van der Waals surface area contributed by atoms with Crippen LogP contribution >= 0.6 is 11.6 Å². The molecule has 4 heterocycles. The van der Waals surface area contributed by atoms with Gasteiger partial charge in [-0.15, -0.1) is 0 Å². The van der Waals surface area contributed by atoms with Crippen LogP contribution in [0.1, 0.15) is 108 Å². The summed E-state index contributed by atoms with van der Waals surface area (Å²) in [4.78, 5) is 86.8. The fourth-order valence-corrected chi connectivity index (χ4v) is 9.02. The molecule has 64 heavy (non-hydrogen) atoms. The Labute approximate surface area is 377 Å². The van der Waals surface area contributed by atoms with Crippen LogP contribution in [0.4, 0.5) is 0 Å². The molecule has 1 amide bonds. The molecule has 1 aliphatic carbocycles. The first-order chi connectivity index (χ1) is 30.2. The fourth-order valence-electron chi connectivity index (χ4n) is 8.81. The van der Waals surface area contributed by atoms with E-state index in [1.54, 1.807) is 56.9 Å². The third kappa shape index (κ3) is 9.03. The minimum Gasteiger partial charge on any atom is -0.462 e. The van der Waals surface area contributed by atoms with Gasteiger partial charge in [-0.2, -0.15) is 0 Å². The van der Waals surface area contributed by atoms with E-state index in [1.165, 1.54) is 65.4 Å².